The molecule has 16 heavy (non-hydrogen) atoms. The zero-order valence-corrected chi connectivity index (χ0v) is 9.83. The van der Waals surface area contributed by atoms with E-state index in [0.717, 1.165) is 5.69 Å². The van der Waals surface area contributed by atoms with Gasteiger partial charge in [-0.05, 0) is 18.9 Å². The Labute approximate surface area is 95.4 Å². The highest BCUT2D eigenvalue weighted by Crippen LogP contribution is 2.21. The molecule has 1 aromatic heterocycles. The molecule has 1 rings (SSSR count). The van der Waals surface area contributed by atoms with E-state index in [1.54, 1.807) is 25.6 Å². The monoisotopic (exact) mass is 240 g/mol. The molecule has 0 amide bonds. The summed E-state index contributed by atoms with van der Waals surface area (Å²) in [6, 6.07) is 0. The molecule has 8 heteroatoms. The van der Waals surface area contributed by atoms with Crippen LogP contribution in [-0.2, 0) is 18.3 Å². The molecule has 0 saturated carbocycles. The smallest absolute Gasteiger partial charge is 0.304 e. The van der Waals surface area contributed by atoms with Gasteiger partial charge in [-0.25, -0.2) is 4.83 Å². The van der Waals surface area contributed by atoms with E-state index in [1.165, 1.54) is 0 Å². The second-order valence-corrected chi connectivity index (χ2v) is 3.69. The quantitative estimate of drug-likeness (QED) is 0.359. The number of rotatable bonds is 3. The maximum Gasteiger partial charge on any atom is 0.304 e. The van der Waals surface area contributed by atoms with Crippen LogP contribution in [0.1, 0.15) is 18.2 Å². The van der Waals surface area contributed by atoms with Crippen molar-refractivity contribution in [1.29, 1.82) is 0 Å². The average Bonchev–Trinajstić information content (AvgIpc) is 2.51. The highest BCUT2D eigenvalue weighted by molar-refractivity contribution is 7.77. The second-order valence-electron chi connectivity index (χ2n) is 3.04. The van der Waals surface area contributed by atoms with Crippen LogP contribution < -0.4 is 4.83 Å². The van der Waals surface area contributed by atoms with Crippen molar-refractivity contribution < 1.29 is 8.76 Å². The van der Waals surface area contributed by atoms with Crippen molar-refractivity contribution in [3.8, 4) is 0 Å². The molecular formula is C8H10N5O2S-. The van der Waals surface area contributed by atoms with Crippen LogP contribution in [0.4, 0.5) is 5.82 Å². The molecule has 0 radical (unpaired) electrons. The van der Waals surface area contributed by atoms with Crippen molar-refractivity contribution >= 4 is 22.8 Å². The molecule has 1 heterocycles. The first kappa shape index (κ1) is 12.4. The number of hydrazone groups is 1. The summed E-state index contributed by atoms with van der Waals surface area (Å²) in [7, 11) is 1.71. The molecule has 0 aliphatic carbocycles. The lowest BCUT2D eigenvalue weighted by atomic mass is 10.1. The van der Waals surface area contributed by atoms with Crippen LogP contribution in [0.5, 0.6) is 0 Å². The first-order valence-corrected chi connectivity index (χ1v) is 5.35. The number of nitrogens with one attached hydrogen (secondary N) is 1. The third kappa shape index (κ3) is 2.44. The summed E-state index contributed by atoms with van der Waals surface area (Å²) in [5, 5.41) is 7.61. The molecule has 0 saturated heterocycles. The van der Waals surface area contributed by atoms with Gasteiger partial charge in [0.1, 0.15) is 0 Å². The molecule has 1 aromatic rings. The SMILES string of the molecule is [C-]#[N+]c1nn(C)c(C)c1/C(C)=N\NS(=O)[O-]. The molecule has 1 unspecified atom stereocenters. The van der Waals surface area contributed by atoms with Crippen molar-refractivity contribution in [2.24, 2.45) is 12.1 Å². The summed E-state index contributed by atoms with van der Waals surface area (Å²) in [5.41, 5.74) is 1.71. The summed E-state index contributed by atoms with van der Waals surface area (Å²) in [5.74, 6) is 0.208. The fraction of sp³-hybridized carbons (Fsp3) is 0.375. The lowest BCUT2D eigenvalue weighted by Crippen LogP contribution is -2.12. The van der Waals surface area contributed by atoms with Crippen LogP contribution in [0.2, 0.25) is 0 Å². The van der Waals surface area contributed by atoms with Crippen LogP contribution in [0, 0.1) is 13.5 Å². The summed E-state index contributed by atoms with van der Waals surface area (Å²) in [4.78, 5) is 5.15. The molecule has 7 nitrogen and oxygen atoms in total. The van der Waals surface area contributed by atoms with Gasteiger partial charge in [-0.15, -0.1) is 0 Å². The molecule has 0 aromatic carbocycles. The Bertz CT molecular complexity index is 499. The zero-order valence-electron chi connectivity index (χ0n) is 9.01. The average molecular weight is 240 g/mol. The van der Waals surface area contributed by atoms with Crippen LogP contribution >= 0.6 is 0 Å². The van der Waals surface area contributed by atoms with Gasteiger partial charge in [-0.2, -0.15) is 9.78 Å². The zero-order chi connectivity index (χ0) is 12.3. The first-order chi connectivity index (χ1) is 7.47. The normalized spacial score (nSPS) is 13.3. The Morgan fingerprint density at radius 2 is 2.38 bits per heavy atom. The van der Waals surface area contributed by atoms with E-state index in [1.807, 2.05) is 4.83 Å². The maximum absolute atomic E-state index is 10.3. The van der Waals surface area contributed by atoms with E-state index >= 15 is 0 Å². The maximum atomic E-state index is 10.3. The molecule has 1 atom stereocenters. The highest BCUT2D eigenvalue weighted by Gasteiger charge is 2.16. The van der Waals surface area contributed by atoms with E-state index < -0.39 is 11.3 Å². The molecule has 0 spiro atoms. The van der Waals surface area contributed by atoms with Crippen LogP contribution in [0.15, 0.2) is 5.10 Å². The van der Waals surface area contributed by atoms with E-state index in [-0.39, 0.29) is 5.82 Å². The van der Waals surface area contributed by atoms with Gasteiger partial charge in [0.15, 0.2) is 0 Å². The van der Waals surface area contributed by atoms with E-state index in [4.69, 9.17) is 6.57 Å². The molecule has 0 aliphatic heterocycles. The van der Waals surface area contributed by atoms with Crippen molar-refractivity contribution in [3.63, 3.8) is 0 Å². The summed E-state index contributed by atoms with van der Waals surface area (Å²) in [6.45, 7) is 10.3. The predicted octanol–water partition coefficient (Wildman–Crippen LogP) is 0.387. The van der Waals surface area contributed by atoms with Gasteiger partial charge in [0, 0.05) is 12.6 Å². The van der Waals surface area contributed by atoms with E-state index in [9.17, 15) is 8.76 Å². The van der Waals surface area contributed by atoms with Gasteiger partial charge in [-0.3, -0.25) is 4.21 Å². The van der Waals surface area contributed by atoms with Gasteiger partial charge in [0.05, 0.1) is 22.7 Å². The number of hydrogen-bond acceptors (Lipinski definition) is 4. The van der Waals surface area contributed by atoms with Crippen LogP contribution in [0.3, 0.4) is 0 Å². The molecule has 1 N–H and O–H groups in total. The molecule has 86 valence electrons. The summed E-state index contributed by atoms with van der Waals surface area (Å²) in [6.07, 6.45) is 0. The fourth-order valence-electron chi connectivity index (χ4n) is 1.25. The minimum Gasteiger partial charge on any atom is -0.754 e. The van der Waals surface area contributed by atoms with Gasteiger partial charge >= 0.3 is 5.82 Å². The summed E-state index contributed by atoms with van der Waals surface area (Å²) < 4.78 is 22.1. The predicted molar refractivity (Wildman–Crippen MR) is 58.5 cm³/mol. The van der Waals surface area contributed by atoms with E-state index in [2.05, 4.69) is 15.0 Å². The Morgan fingerprint density at radius 1 is 1.75 bits per heavy atom. The number of aryl methyl sites for hydroxylation is 1. The molecular weight excluding hydrogens is 230 g/mol. The third-order valence-electron chi connectivity index (χ3n) is 2.07. The van der Waals surface area contributed by atoms with Crippen LogP contribution in [0.25, 0.3) is 4.85 Å². The topological polar surface area (TPSA) is 86.7 Å². The largest absolute Gasteiger partial charge is 0.754 e. The molecule has 0 fully saturated rings. The van der Waals surface area contributed by atoms with Crippen molar-refractivity contribution in [2.45, 2.75) is 13.8 Å². The number of nitrogens with zero attached hydrogens (tertiary/aromatic N) is 4. The first-order valence-electron chi connectivity index (χ1n) is 4.28. The standard InChI is InChI=1S/C8H11N5O2S/c1-5(10-12-16(14)15)7-6(2)13(4)11-8(7)9-3/h12H,1-2,4H3,(H,14,15)/p-1/b10-5-. The van der Waals surface area contributed by atoms with E-state index in [0.29, 0.717) is 11.3 Å². The van der Waals surface area contributed by atoms with Crippen molar-refractivity contribution in [1.82, 2.24) is 14.6 Å². The minimum atomic E-state index is -2.46. The Hall–Kier alpha value is -1.72. The Balaban J connectivity index is 3.18. The Kier molecular flexibility index (Phi) is 3.76. The van der Waals surface area contributed by atoms with Crippen molar-refractivity contribution in [3.05, 3.63) is 22.7 Å². The van der Waals surface area contributed by atoms with Gasteiger partial charge in [0.2, 0.25) is 0 Å². The van der Waals surface area contributed by atoms with Crippen molar-refractivity contribution in [2.75, 3.05) is 0 Å². The minimum absolute atomic E-state index is 0.208. The van der Waals surface area contributed by atoms with Gasteiger partial charge in [0.25, 0.3) is 0 Å². The highest BCUT2D eigenvalue weighted by atomic mass is 32.2. The summed E-state index contributed by atoms with van der Waals surface area (Å²) >= 11 is -2.46. The Morgan fingerprint density at radius 3 is 2.88 bits per heavy atom. The molecule has 0 aliphatic rings. The van der Waals surface area contributed by atoms with Gasteiger partial charge in [-0.1, -0.05) is 6.57 Å². The third-order valence-corrected chi connectivity index (χ3v) is 2.31. The lowest BCUT2D eigenvalue weighted by molar-refractivity contribution is 0.525. The van der Waals surface area contributed by atoms with Crippen LogP contribution in [-0.4, -0.2) is 24.3 Å². The second kappa shape index (κ2) is 4.87. The van der Waals surface area contributed by atoms with Gasteiger partial charge < -0.3 is 9.40 Å². The number of hydrogen-bond donors (Lipinski definition) is 1. The molecule has 0 bridgehead atoms. The lowest BCUT2D eigenvalue weighted by Gasteiger charge is -2.04. The number of aromatic nitrogens is 2. The fourth-order valence-corrected chi connectivity index (χ4v) is 1.47.